The predicted octanol–water partition coefficient (Wildman–Crippen LogP) is 2.37. The number of aromatic nitrogens is 2. The van der Waals surface area contributed by atoms with Crippen molar-refractivity contribution in [1.82, 2.24) is 10.2 Å². The van der Waals surface area contributed by atoms with E-state index in [1.807, 2.05) is 23.1 Å². The van der Waals surface area contributed by atoms with Crippen molar-refractivity contribution < 1.29 is 4.39 Å². The fraction of sp³-hybridized carbons (Fsp3) is 0.300. The summed E-state index contributed by atoms with van der Waals surface area (Å²) in [7, 11) is 0. The lowest BCUT2D eigenvalue weighted by atomic mass is 10.1. The molecule has 0 bridgehead atoms. The van der Waals surface area contributed by atoms with Crippen LogP contribution in [-0.2, 0) is 0 Å². The number of hydrogen-bond donors (Lipinski definition) is 1. The summed E-state index contributed by atoms with van der Waals surface area (Å²) >= 11 is 6.08. The third kappa shape index (κ3) is 1.28. The molecular weight excluding hydrogens is 217 g/mol. The summed E-state index contributed by atoms with van der Waals surface area (Å²) in [4.78, 5) is 1.88. The molecule has 78 valence electrons. The highest BCUT2D eigenvalue weighted by molar-refractivity contribution is 6.36. The SMILES string of the molecule is FC1CN(c2n[nH]c3cccc(Cl)c23)C1. The molecule has 2 aromatic rings. The highest BCUT2D eigenvalue weighted by atomic mass is 35.5. The van der Waals surface area contributed by atoms with Crippen molar-refractivity contribution in [3.8, 4) is 0 Å². The Morgan fingerprint density at radius 3 is 3.00 bits per heavy atom. The summed E-state index contributed by atoms with van der Waals surface area (Å²) in [5.74, 6) is 0.754. The Bertz CT molecular complexity index is 504. The number of benzene rings is 1. The second kappa shape index (κ2) is 3.10. The zero-order valence-corrected chi connectivity index (χ0v) is 8.63. The molecule has 1 aromatic carbocycles. The lowest BCUT2D eigenvalue weighted by Gasteiger charge is -2.34. The predicted molar refractivity (Wildman–Crippen MR) is 58.2 cm³/mol. The fourth-order valence-corrected chi connectivity index (χ4v) is 2.10. The molecule has 1 aromatic heterocycles. The summed E-state index contributed by atoms with van der Waals surface area (Å²) < 4.78 is 12.7. The summed E-state index contributed by atoms with van der Waals surface area (Å²) in [6, 6.07) is 5.58. The molecule has 0 amide bonds. The number of fused-ring (bicyclic) bond motifs is 1. The van der Waals surface area contributed by atoms with Crippen molar-refractivity contribution in [2.75, 3.05) is 18.0 Å². The number of nitrogens with zero attached hydrogens (tertiary/aromatic N) is 2. The number of aromatic amines is 1. The average Bonchev–Trinajstić information content (AvgIpc) is 2.58. The van der Waals surface area contributed by atoms with E-state index in [2.05, 4.69) is 10.2 Å². The molecule has 3 rings (SSSR count). The molecule has 2 heterocycles. The van der Waals surface area contributed by atoms with E-state index >= 15 is 0 Å². The van der Waals surface area contributed by atoms with Crippen molar-refractivity contribution >= 4 is 28.3 Å². The Balaban J connectivity index is 2.11. The molecule has 1 saturated heterocycles. The zero-order valence-electron chi connectivity index (χ0n) is 7.87. The van der Waals surface area contributed by atoms with E-state index in [0.717, 1.165) is 16.7 Å². The molecular formula is C10H9ClFN3. The van der Waals surface area contributed by atoms with Crippen LogP contribution in [0.4, 0.5) is 10.2 Å². The Morgan fingerprint density at radius 1 is 1.47 bits per heavy atom. The van der Waals surface area contributed by atoms with Crippen LogP contribution in [0.5, 0.6) is 0 Å². The number of hydrogen-bond acceptors (Lipinski definition) is 2. The van der Waals surface area contributed by atoms with Gasteiger partial charge in [0.1, 0.15) is 6.17 Å². The highest BCUT2D eigenvalue weighted by Crippen LogP contribution is 2.33. The monoisotopic (exact) mass is 225 g/mol. The molecule has 1 aliphatic rings. The average molecular weight is 226 g/mol. The van der Waals surface area contributed by atoms with E-state index < -0.39 is 6.17 Å². The molecule has 1 N–H and O–H groups in total. The van der Waals surface area contributed by atoms with Crippen LogP contribution in [0.2, 0.25) is 5.02 Å². The standard InChI is InChI=1S/C10H9ClFN3/c11-7-2-1-3-8-9(7)10(14-13-8)15-4-6(12)5-15/h1-3,6H,4-5H2,(H,13,14). The Morgan fingerprint density at radius 2 is 2.27 bits per heavy atom. The van der Waals surface area contributed by atoms with Gasteiger partial charge < -0.3 is 4.90 Å². The molecule has 0 aliphatic carbocycles. The van der Waals surface area contributed by atoms with Crippen molar-refractivity contribution in [3.63, 3.8) is 0 Å². The van der Waals surface area contributed by atoms with Gasteiger partial charge in [-0.3, -0.25) is 5.10 Å². The van der Waals surface area contributed by atoms with E-state index in [-0.39, 0.29) is 0 Å². The molecule has 0 spiro atoms. The van der Waals surface area contributed by atoms with Crippen molar-refractivity contribution in [2.45, 2.75) is 6.17 Å². The minimum Gasteiger partial charge on any atom is -0.349 e. The maximum absolute atomic E-state index is 12.7. The smallest absolute Gasteiger partial charge is 0.160 e. The first kappa shape index (κ1) is 8.97. The van der Waals surface area contributed by atoms with Gasteiger partial charge in [0, 0.05) is 0 Å². The Kier molecular flexibility index (Phi) is 1.85. The molecule has 5 heteroatoms. The topological polar surface area (TPSA) is 31.9 Å². The first-order valence-electron chi connectivity index (χ1n) is 4.77. The van der Waals surface area contributed by atoms with E-state index in [4.69, 9.17) is 11.6 Å². The number of H-pyrrole nitrogens is 1. The van der Waals surface area contributed by atoms with Crippen LogP contribution in [-0.4, -0.2) is 29.5 Å². The third-order valence-electron chi connectivity index (χ3n) is 2.66. The first-order valence-corrected chi connectivity index (χ1v) is 5.15. The molecule has 15 heavy (non-hydrogen) atoms. The molecule has 0 saturated carbocycles. The fourth-order valence-electron chi connectivity index (χ4n) is 1.84. The largest absolute Gasteiger partial charge is 0.349 e. The number of alkyl halides is 1. The summed E-state index contributed by atoms with van der Waals surface area (Å²) in [5.41, 5.74) is 0.889. The minimum absolute atomic E-state index is 0.408. The number of nitrogens with one attached hydrogen (secondary N) is 1. The van der Waals surface area contributed by atoms with Gasteiger partial charge in [0.15, 0.2) is 5.82 Å². The zero-order chi connectivity index (χ0) is 10.4. The molecule has 1 fully saturated rings. The second-order valence-corrected chi connectivity index (χ2v) is 4.12. The minimum atomic E-state index is -0.737. The lowest BCUT2D eigenvalue weighted by Crippen LogP contribution is -2.48. The Labute approximate surface area is 90.8 Å². The molecule has 0 unspecified atom stereocenters. The summed E-state index contributed by atoms with van der Waals surface area (Å²) in [6.45, 7) is 0.816. The van der Waals surface area contributed by atoms with Gasteiger partial charge in [0.25, 0.3) is 0 Å². The van der Waals surface area contributed by atoms with Crippen LogP contribution in [0.15, 0.2) is 18.2 Å². The number of rotatable bonds is 1. The van der Waals surface area contributed by atoms with Crippen LogP contribution in [0.25, 0.3) is 10.9 Å². The third-order valence-corrected chi connectivity index (χ3v) is 2.97. The number of halogens is 2. The van der Waals surface area contributed by atoms with Gasteiger partial charge in [-0.1, -0.05) is 17.7 Å². The van der Waals surface area contributed by atoms with Crippen LogP contribution < -0.4 is 4.90 Å². The summed E-state index contributed by atoms with van der Waals surface area (Å²) in [6.07, 6.45) is -0.737. The van der Waals surface area contributed by atoms with Gasteiger partial charge in [-0.25, -0.2) is 4.39 Å². The maximum Gasteiger partial charge on any atom is 0.160 e. The van der Waals surface area contributed by atoms with Gasteiger partial charge >= 0.3 is 0 Å². The molecule has 1 aliphatic heterocycles. The van der Waals surface area contributed by atoms with Crippen LogP contribution in [0.1, 0.15) is 0 Å². The van der Waals surface area contributed by atoms with Crippen LogP contribution in [0.3, 0.4) is 0 Å². The van der Waals surface area contributed by atoms with Gasteiger partial charge in [-0.05, 0) is 12.1 Å². The van der Waals surface area contributed by atoms with E-state index in [1.54, 1.807) is 0 Å². The van der Waals surface area contributed by atoms with E-state index in [1.165, 1.54) is 0 Å². The van der Waals surface area contributed by atoms with Crippen molar-refractivity contribution in [1.29, 1.82) is 0 Å². The number of anilines is 1. The quantitative estimate of drug-likeness (QED) is 0.808. The van der Waals surface area contributed by atoms with Gasteiger partial charge in [-0.15, -0.1) is 0 Å². The van der Waals surface area contributed by atoms with Gasteiger partial charge in [0.2, 0.25) is 0 Å². The lowest BCUT2D eigenvalue weighted by molar-refractivity contribution is 0.274. The van der Waals surface area contributed by atoms with E-state index in [9.17, 15) is 4.39 Å². The molecule has 3 nitrogen and oxygen atoms in total. The maximum atomic E-state index is 12.7. The van der Waals surface area contributed by atoms with Gasteiger partial charge in [-0.2, -0.15) is 5.10 Å². The Hall–Kier alpha value is -1.29. The second-order valence-electron chi connectivity index (χ2n) is 3.71. The van der Waals surface area contributed by atoms with Gasteiger partial charge in [0.05, 0.1) is 29.0 Å². The van der Waals surface area contributed by atoms with Crippen molar-refractivity contribution in [2.24, 2.45) is 0 Å². The van der Waals surface area contributed by atoms with E-state index in [0.29, 0.717) is 18.1 Å². The van der Waals surface area contributed by atoms with Crippen LogP contribution in [0, 0.1) is 0 Å². The summed E-state index contributed by atoms with van der Waals surface area (Å²) in [5, 5.41) is 8.59. The molecule has 0 atom stereocenters. The first-order chi connectivity index (χ1) is 7.25. The van der Waals surface area contributed by atoms with Crippen LogP contribution >= 0.6 is 11.6 Å². The highest BCUT2D eigenvalue weighted by Gasteiger charge is 2.29. The molecule has 0 radical (unpaired) electrons. The van der Waals surface area contributed by atoms with Crippen molar-refractivity contribution in [3.05, 3.63) is 23.2 Å². The normalized spacial score (nSPS) is 17.1.